The van der Waals surface area contributed by atoms with E-state index in [1.54, 1.807) is 7.11 Å². The average molecular weight is 845 g/mol. The van der Waals surface area contributed by atoms with Crippen LogP contribution in [-0.2, 0) is 23.8 Å². The van der Waals surface area contributed by atoms with Gasteiger partial charge >= 0.3 is 12.2 Å². The molecule has 0 bridgehead atoms. The number of hydrogen-bond donors (Lipinski definition) is 4. The highest BCUT2D eigenvalue weighted by atomic mass is 16.5. The summed E-state index contributed by atoms with van der Waals surface area (Å²) in [7, 11) is 4.25. The molecule has 326 valence electrons. The standard InChI is InChI=1S/C47H56N8O7/c1-24(2)38(52-46(58)61-7)44(56)54-21-26(5)17-36(54)42-48-34-15-11-30-19-28(9-13-32(30)40(34)50-42)29-10-14-33-31(20-29)12-16-35-41(33)51-43(49-35)37-18-27(23-60-6)22-55(37)45(57)39(25(3)4)53-47(59)62-8/h9-16,19-20,24-27,36-39H,17-18,21-23H2,1-8H3,(H,48,50)(H,49,51)(H,52,58)(H,53,59). The van der Waals surface area contributed by atoms with Crippen LogP contribution >= 0.6 is 0 Å². The number of imidazole rings is 2. The predicted octanol–water partition coefficient (Wildman–Crippen LogP) is 7.62. The van der Waals surface area contributed by atoms with Crippen molar-refractivity contribution in [1.82, 2.24) is 40.4 Å². The van der Waals surface area contributed by atoms with Gasteiger partial charge in [0.15, 0.2) is 0 Å². The minimum Gasteiger partial charge on any atom is -0.453 e. The molecule has 2 saturated heterocycles. The van der Waals surface area contributed by atoms with E-state index >= 15 is 0 Å². The van der Waals surface area contributed by atoms with Crippen molar-refractivity contribution in [2.45, 2.75) is 71.6 Å². The first-order chi connectivity index (χ1) is 29.8. The third-order valence-electron chi connectivity index (χ3n) is 12.6. The lowest BCUT2D eigenvalue weighted by atomic mass is 9.98. The molecule has 0 spiro atoms. The highest BCUT2D eigenvalue weighted by Crippen LogP contribution is 2.40. The minimum absolute atomic E-state index is 0.110. The summed E-state index contributed by atoms with van der Waals surface area (Å²) in [5.41, 5.74) is 5.55. The number of amides is 4. The predicted molar refractivity (Wildman–Crippen MR) is 237 cm³/mol. The second-order valence-corrected chi connectivity index (χ2v) is 17.7. The maximum absolute atomic E-state index is 14.0. The average Bonchev–Trinajstić information content (AvgIpc) is 4.08. The van der Waals surface area contributed by atoms with Crippen LogP contribution in [0.5, 0.6) is 0 Å². The van der Waals surface area contributed by atoms with Gasteiger partial charge < -0.3 is 44.6 Å². The number of aromatic nitrogens is 4. The van der Waals surface area contributed by atoms with E-state index in [2.05, 4.69) is 76.1 Å². The van der Waals surface area contributed by atoms with Gasteiger partial charge in [-0.15, -0.1) is 0 Å². The normalized spacial score (nSPS) is 20.2. The molecule has 4 aromatic carbocycles. The molecule has 2 aliphatic rings. The Balaban J connectivity index is 1.07. The summed E-state index contributed by atoms with van der Waals surface area (Å²) in [5, 5.41) is 9.54. The van der Waals surface area contributed by atoms with Gasteiger partial charge in [-0.1, -0.05) is 71.0 Å². The molecule has 6 aromatic rings. The fourth-order valence-corrected chi connectivity index (χ4v) is 9.40. The van der Waals surface area contributed by atoms with Gasteiger partial charge in [-0.05, 0) is 76.8 Å². The number of fused-ring (bicyclic) bond motifs is 6. The first kappa shape index (κ1) is 42.5. The molecule has 4 amide bonds. The molecule has 2 aliphatic heterocycles. The van der Waals surface area contributed by atoms with E-state index in [-0.39, 0.29) is 47.6 Å². The Kier molecular flexibility index (Phi) is 11.8. The van der Waals surface area contributed by atoms with Gasteiger partial charge in [-0.2, -0.15) is 0 Å². The summed E-state index contributed by atoms with van der Waals surface area (Å²) >= 11 is 0. The Bertz CT molecular complexity index is 2670. The fourth-order valence-electron chi connectivity index (χ4n) is 9.40. The summed E-state index contributed by atoms with van der Waals surface area (Å²) in [5.74, 6) is 1.19. The van der Waals surface area contributed by atoms with Crippen molar-refractivity contribution in [1.29, 1.82) is 0 Å². The maximum atomic E-state index is 14.0. The van der Waals surface area contributed by atoms with Gasteiger partial charge in [0.25, 0.3) is 0 Å². The zero-order valence-electron chi connectivity index (χ0n) is 36.6. The number of hydrogen-bond acceptors (Lipinski definition) is 9. The highest BCUT2D eigenvalue weighted by molar-refractivity contribution is 6.07. The lowest BCUT2D eigenvalue weighted by Gasteiger charge is -2.30. The van der Waals surface area contributed by atoms with E-state index in [9.17, 15) is 19.2 Å². The molecule has 2 aromatic heterocycles. The maximum Gasteiger partial charge on any atom is 0.407 e. The molecule has 6 unspecified atom stereocenters. The topological polar surface area (TPSA) is 184 Å². The van der Waals surface area contributed by atoms with Gasteiger partial charge in [-0.3, -0.25) is 9.59 Å². The van der Waals surface area contributed by atoms with E-state index < -0.39 is 24.3 Å². The Morgan fingerprint density at radius 3 is 1.60 bits per heavy atom. The number of carbonyl (C=O) groups excluding carboxylic acids is 4. The van der Waals surface area contributed by atoms with Gasteiger partial charge in [0.05, 0.1) is 55.0 Å². The first-order valence-corrected chi connectivity index (χ1v) is 21.4. The quantitative estimate of drug-likeness (QED) is 0.102. The third-order valence-corrected chi connectivity index (χ3v) is 12.6. The number of nitrogens with zero attached hydrogens (tertiary/aromatic N) is 4. The molecule has 2 fully saturated rings. The first-order valence-electron chi connectivity index (χ1n) is 21.4. The van der Waals surface area contributed by atoms with Gasteiger partial charge in [0.1, 0.15) is 23.7 Å². The molecule has 4 heterocycles. The lowest BCUT2D eigenvalue weighted by molar-refractivity contribution is -0.136. The van der Waals surface area contributed by atoms with Gasteiger partial charge in [0, 0.05) is 36.9 Å². The SMILES string of the molecule is COCC1CC(c2nc3c(ccc4cc(-c5ccc6c(ccc7[nH]c(C8CC(C)CN8C(=O)C(NC(=O)OC)C(C)C)nc76)c5)ccc43)[nH]2)N(C(=O)C(NC(=O)OC)C(C)C)C1. The lowest BCUT2D eigenvalue weighted by Crippen LogP contribution is -2.51. The summed E-state index contributed by atoms with van der Waals surface area (Å²) in [6.45, 7) is 11.3. The molecular weight excluding hydrogens is 789 g/mol. The van der Waals surface area contributed by atoms with E-state index in [4.69, 9.17) is 24.2 Å². The van der Waals surface area contributed by atoms with Crippen LogP contribution in [0.2, 0.25) is 0 Å². The molecule has 8 rings (SSSR count). The number of carbonyl (C=O) groups is 4. The van der Waals surface area contributed by atoms with Crippen molar-refractivity contribution in [3.63, 3.8) is 0 Å². The van der Waals surface area contributed by atoms with Gasteiger partial charge in [-0.25, -0.2) is 19.6 Å². The Hall–Kier alpha value is -6.22. The Morgan fingerprint density at radius 1 is 0.677 bits per heavy atom. The van der Waals surface area contributed by atoms with Crippen molar-refractivity contribution in [2.24, 2.45) is 23.7 Å². The van der Waals surface area contributed by atoms with Crippen molar-refractivity contribution in [2.75, 3.05) is 41.0 Å². The van der Waals surface area contributed by atoms with Crippen LogP contribution < -0.4 is 10.6 Å². The number of benzene rings is 4. The summed E-state index contributed by atoms with van der Waals surface area (Å²) < 4.78 is 15.2. The third kappa shape index (κ3) is 8.01. The number of methoxy groups -OCH3 is 3. The number of ether oxygens (including phenoxy) is 3. The number of rotatable bonds is 11. The van der Waals surface area contributed by atoms with Crippen LogP contribution in [0.4, 0.5) is 9.59 Å². The number of aromatic amines is 2. The van der Waals surface area contributed by atoms with Crippen molar-refractivity contribution >= 4 is 67.6 Å². The van der Waals surface area contributed by atoms with Crippen LogP contribution in [0.15, 0.2) is 60.7 Å². The van der Waals surface area contributed by atoms with Gasteiger partial charge in [0.2, 0.25) is 11.8 Å². The molecule has 15 heteroatoms. The van der Waals surface area contributed by atoms with Crippen LogP contribution in [-0.4, -0.2) is 107 Å². The largest absolute Gasteiger partial charge is 0.453 e. The minimum atomic E-state index is -0.751. The fraction of sp³-hybridized carbons (Fsp3) is 0.447. The summed E-state index contributed by atoms with van der Waals surface area (Å²) in [4.78, 5) is 73.2. The van der Waals surface area contributed by atoms with Crippen molar-refractivity contribution in [3.8, 4) is 11.1 Å². The molecule has 4 N–H and O–H groups in total. The zero-order valence-corrected chi connectivity index (χ0v) is 36.6. The molecule has 62 heavy (non-hydrogen) atoms. The molecule has 6 atom stereocenters. The zero-order chi connectivity index (χ0) is 44.0. The van der Waals surface area contributed by atoms with Crippen molar-refractivity contribution < 1.29 is 33.4 Å². The Morgan fingerprint density at radius 2 is 1.15 bits per heavy atom. The van der Waals surface area contributed by atoms with E-state index in [0.29, 0.717) is 31.9 Å². The molecule has 15 nitrogen and oxygen atoms in total. The van der Waals surface area contributed by atoms with E-state index in [0.717, 1.165) is 67.0 Å². The second kappa shape index (κ2) is 17.3. The Labute approximate surface area is 360 Å². The molecule has 0 saturated carbocycles. The van der Waals surface area contributed by atoms with Crippen molar-refractivity contribution in [3.05, 3.63) is 72.3 Å². The number of nitrogens with one attached hydrogen (secondary N) is 4. The molecule has 0 radical (unpaired) electrons. The summed E-state index contributed by atoms with van der Waals surface area (Å²) in [6, 6.07) is 19.0. The smallest absolute Gasteiger partial charge is 0.407 e. The molecule has 0 aliphatic carbocycles. The number of likely N-dealkylation sites (tertiary alicyclic amines) is 2. The monoisotopic (exact) mass is 844 g/mol. The van der Waals surface area contributed by atoms with Crippen LogP contribution in [0, 0.1) is 23.7 Å². The van der Waals surface area contributed by atoms with Crippen LogP contribution in [0.25, 0.3) is 54.7 Å². The number of H-pyrrole nitrogens is 2. The molecular formula is C47H56N8O7. The van der Waals surface area contributed by atoms with Crippen LogP contribution in [0.1, 0.15) is 71.2 Å². The van der Waals surface area contributed by atoms with E-state index in [1.165, 1.54) is 14.2 Å². The summed E-state index contributed by atoms with van der Waals surface area (Å²) in [6.07, 6.45) is 0.155. The number of alkyl carbamates (subject to hydrolysis) is 2. The van der Waals surface area contributed by atoms with Crippen LogP contribution in [0.3, 0.4) is 0 Å². The second-order valence-electron chi connectivity index (χ2n) is 17.7. The highest BCUT2D eigenvalue weighted by Gasteiger charge is 2.42. The van der Waals surface area contributed by atoms with E-state index in [1.807, 2.05) is 49.6 Å².